The molecule has 0 amide bonds. The van der Waals surface area contributed by atoms with E-state index < -0.39 is 0 Å². The van der Waals surface area contributed by atoms with Crippen molar-refractivity contribution >= 4 is 28.3 Å². The Morgan fingerprint density at radius 3 is 3.00 bits per heavy atom. The Balaban J connectivity index is 2.29. The molecule has 3 heteroatoms. The van der Waals surface area contributed by atoms with Gasteiger partial charge in [0.2, 0.25) is 0 Å². The van der Waals surface area contributed by atoms with Crippen LogP contribution in [0.25, 0.3) is 0 Å². The summed E-state index contributed by atoms with van der Waals surface area (Å²) in [6.45, 7) is 3.29. The summed E-state index contributed by atoms with van der Waals surface area (Å²) in [5, 5.41) is 3.13. The van der Waals surface area contributed by atoms with Crippen molar-refractivity contribution in [3.05, 3.63) is 0 Å². The van der Waals surface area contributed by atoms with Crippen LogP contribution in [0.2, 0.25) is 0 Å². The normalized spacial score (nSPS) is 29.6. The van der Waals surface area contributed by atoms with Crippen LogP contribution in [0.5, 0.6) is 0 Å². The van der Waals surface area contributed by atoms with Crippen molar-refractivity contribution in [3.63, 3.8) is 0 Å². The Hall–Kier alpha value is 0.240. The van der Waals surface area contributed by atoms with E-state index >= 15 is 0 Å². The predicted octanol–water partition coefficient (Wildman–Crippen LogP) is 1.24. The summed E-state index contributed by atoms with van der Waals surface area (Å²) in [5.41, 5.74) is 0. The fraction of sp³-hybridized carbons (Fsp3) is 0.800. The van der Waals surface area contributed by atoms with Gasteiger partial charge in [-0.25, -0.2) is 0 Å². The van der Waals surface area contributed by atoms with Crippen molar-refractivity contribution in [3.8, 4) is 0 Å². The molecule has 0 radical (unpaired) electrons. The molecule has 1 atom stereocenters. The molecule has 0 bridgehead atoms. The Morgan fingerprint density at radius 2 is 2.62 bits per heavy atom. The lowest BCUT2D eigenvalue weighted by atomic mass is 10.2. The standard InChI is InChI=1S/C5H9NS2/c1-4-2-6-5(7)8-3-4/h4H,2-3H2,1H3,(H,6,7). The highest BCUT2D eigenvalue weighted by Crippen LogP contribution is 2.13. The Labute approximate surface area is 59.2 Å². The maximum atomic E-state index is 4.91. The molecular weight excluding hydrogens is 138 g/mol. The summed E-state index contributed by atoms with van der Waals surface area (Å²) in [7, 11) is 0. The average molecular weight is 147 g/mol. The van der Waals surface area contributed by atoms with Crippen molar-refractivity contribution < 1.29 is 0 Å². The first-order chi connectivity index (χ1) is 3.79. The van der Waals surface area contributed by atoms with Crippen LogP contribution in [0.3, 0.4) is 0 Å². The smallest absolute Gasteiger partial charge is 0.133 e. The molecule has 1 heterocycles. The molecule has 1 nitrogen and oxygen atoms in total. The highest BCUT2D eigenvalue weighted by Gasteiger charge is 2.10. The maximum absolute atomic E-state index is 4.91. The molecule has 1 unspecified atom stereocenters. The number of rotatable bonds is 0. The van der Waals surface area contributed by atoms with Gasteiger partial charge in [0.1, 0.15) is 4.32 Å². The van der Waals surface area contributed by atoms with Gasteiger partial charge in [-0.15, -0.1) is 0 Å². The summed E-state index contributed by atoms with van der Waals surface area (Å²) in [5.74, 6) is 1.97. The fourth-order valence-corrected chi connectivity index (χ4v) is 1.61. The average Bonchev–Trinajstić information content (AvgIpc) is 1.77. The second-order valence-electron chi connectivity index (χ2n) is 2.08. The highest BCUT2D eigenvalue weighted by atomic mass is 32.2. The van der Waals surface area contributed by atoms with Gasteiger partial charge in [0.05, 0.1) is 0 Å². The van der Waals surface area contributed by atoms with E-state index in [4.69, 9.17) is 12.2 Å². The molecular formula is C5H9NS2. The van der Waals surface area contributed by atoms with Crippen LogP contribution in [0.15, 0.2) is 0 Å². The van der Waals surface area contributed by atoms with Gasteiger partial charge in [0.25, 0.3) is 0 Å². The van der Waals surface area contributed by atoms with Crippen LogP contribution in [0.1, 0.15) is 6.92 Å². The first-order valence-electron chi connectivity index (χ1n) is 2.69. The second kappa shape index (κ2) is 2.69. The summed E-state index contributed by atoms with van der Waals surface area (Å²) in [6, 6.07) is 0. The molecule has 0 aliphatic carbocycles. The van der Waals surface area contributed by atoms with Crippen molar-refractivity contribution in [1.29, 1.82) is 0 Å². The van der Waals surface area contributed by atoms with Crippen LogP contribution in [-0.2, 0) is 0 Å². The summed E-state index contributed by atoms with van der Waals surface area (Å²) in [4.78, 5) is 0. The molecule has 0 spiro atoms. The number of hydrogen-bond acceptors (Lipinski definition) is 2. The van der Waals surface area contributed by atoms with Gasteiger partial charge in [-0.2, -0.15) is 0 Å². The summed E-state index contributed by atoms with van der Waals surface area (Å²) >= 11 is 6.66. The van der Waals surface area contributed by atoms with Gasteiger partial charge in [-0.05, 0) is 5.92 Å². The molecule has 0 aromatic carbocycles. The number of nitrogens with one attached hydrogen (secondary N) is 1. The van der Waals surface area contributed by atoms with Gasteiger partial charge in [-0.1, -0.05) is 30.9 Å². The quantitative estimate of drug-likeness (QED) is 0.518. The molecule has 0 aromatic rings. The van der Waals surface area contributed by atoms with Gasteiger partial charge >= 0.3 is 0 Å². The monoisotopic (exact) mass is 147 g/mol. The lowest BCUT2D eigenvalue weighted by Gasteiger charge is -2.18. The van der Waals surface area contributed by atoms with Crippen molar-refractivity contribution in [2.75, 3.05) is 12.3 Å². The van der Waals surface area contributed by atoms with Crippen molar-refractivity contribution in [2.24, 2.45) is 5.92 Å². The van der Waals surface area contributed by atoms with E-state index in [0.29, 0.717) is 0 Å². The largest absolute Gasteiger partial charge is 0.371 e. The van der Waals surface area contributed by atoms with E-state index in [1.807, 2.05) is 0 Å². The zero-order chi connectivity index (χ0) is 5.98. The van der Waals surface area contributed by atoms with Gasteiger partial charge < -0.3 is 5.32 Å². The number of hydrogen-bond donors (Lipinski definition) is 1. The lowest BCUT2D eigenvalue weighted by molar-refractivity contribution is 0.633. The molecule has 0 aromatic heterocycles. The highest BCUT2D eigenvalue weighted by molar-refractivity contribution is 8.23. The van der Waals surface area contributed by atoms with Crippen molar-refractivity contribution in [1.82, 2.24) is 5.32 Å². The maximum Gasteiger partial charge on any atom is 0.133 e. The van der Waals surface area contributed by atoms with E-state index in [2.05, 4.69) is 12.2 Å². The van der Waals surface area contributed by atoms with E-state index in [1.165, 1.54) is 5.75 Å². The minimum absolute atomic E-state index is 0.784. The van der Waals surface area contributed by atoms with E-state index in [9.17, 15) is 0 Å². The molecule has 8 heavy (non-hydrogen) atoms. The molecule has 1 aliphatic rings. The molecule has 1 aliphatic heterocycles. The van der Waals surface area contributed by atoms with Gasteiger partial charge in [-0.3, -0.25) is 0 Å². The zero-order valence-corrected chi connectivity index (χ0v) is 6.44. The van der Waals surface area contributed by atoms with Crippen LogP contribution < -0.4 is 5.32 Å². The Morgan fingerprint density at radius 1 is 1.88 bits per heavy atom. The lowest BCUT2D eigenvalue weighted by Crippen LogP contribution is -2.31. The van der Waals surface area contributed by atoms with E-state index in [0.717, 1.165) is 16.8 Å². The first kappa shape index (κ1) is 6.36. The van der Waals surface area contributed by atoms with Crippen molar-refractivity contribution in [2.45, 2.75) is 6.92 Å². The minimum atomic E-state index is 0.784. The van der Waals surface area contributed by atoms with E-state index in [-0.39, 0.29) is 0 Å². The minimum Gasteiger partial charge on any atom is -0.371 e. The van der Waals surface area contributed by atoms with Crippen LogP contribution in [-0.4, -0.2) is 16.6 Å². The van der Waals surface area contributed by atoms with Gasteiger partial charge in [0.15, 0.2) is 0 Å². The molecule has 1 rings (SSSR count). The Kier molecular flexibility index (Phi) is 2.14. The molecule has 1 saturated heterocycles. The number of thiocarbonyl (C=S) groups is 1. The molecule has 46 valence electrons. The van der Waals surface area contributed by atoms with Crippen LogP contribution in [0, 0.1) is 5.92 Å². The third-order valence-electron chi connectivity index (χ3n) is 1.09. The zero-order valence-electron chi connectivity index (χ0n) is 4.81. The Bertz CT molecular complexity index is 92.6. The second-order valence-corrected chi connectivity index (χ2v) is 3.78. The molecule has 1 fully saturated rings. The van der Waals surface area contributed by atoms with E-state index in [1.54, 1.807) is 11.8 Å². The fourth-order valence-electron chi connectivity index (χ4n) is 0.585. The third kappa shape index (κ3) is 1.63. The summed E-state index contributed by atoms with van der Waals surface area (Å²) in [6.07, 6.45) is 0. The summed E-state index contributed by atoms with van der Waals surface area (Å²) < 4.78 is 0.961. The molecule has 1 N–H and O–H groups in total. The first-order valence-corrected chi connectivity index (χ1v) is 4.09. The van der Waals surface area contributed by atoms with Crippen LogP contribution in [0.4, 0.5) is 0 Å². The predicted molar refractivity (Wildman–Crippen MR) is 42.2 cm³/mol. The van der Waals surface area contributed by atoms with Crippen LogP contribution >= 0.6 is 24.0 Å². The third-order valence-corrected chi connectivity index (χ3v) is 2.73. The number of thioether (sulfide) groups is 1. The van der Waals surface area contributed by atoms with Gasteiger partial charge in [0, 0.05) is 12.3 Å². The topological polar surface area (TPSA) is 12.0 Å². The SMILES string of the molecule is CC1CNC(=S)SC1. The molecule has 0 saturated carbocycles.